The van der Waals surface area contributed by atoms with E-state index in [1.165, 1.54) is 18.3 Å². The molecule has 0 amide bonds. The van der Waals surface area contributed by atoms with Crippen LogP contribution in [0.2, 0.25) is 0 Å². The van der Waals surface area contributed by atoms with Crippen LogP contribution in [-0.4, -0.2) is 36.0 Å². The molecule has 4 aliphatic carbocycles. The number of carbonyl (C=O) groups excluding carboxylic acids is 2. The Morgan fingerprint density at radius 2 is 2.04 bits per heavy atom. The summed E-state index contributed by atoms with van der Waals surface area (Å²) in [5.74, 6) is 0.822. The predicted molar refractivity (Wildman–Crippen MR) is 98.5 cm³/mol. The Hall–Kier alpha value is -1.26. The van der Waals surface area contributed by atoms with Crippen LogP contribution in [0.15, 0.2) is 23.3 Å². The van der Waals surface area contributed by atoms with E-state index >= 15 is 0 Å². The van der Waals surface area contributed by atoms with Gasteiger partial charge < -0.3 is 9.84 Å². The van der Waals surface area contributed by atoms with E-state index in [0.717, 1.165) is 32.1 Å². The minimum Gasteiger partial charge on any atom is -0.381 e. The Morgan fingerprint density at radius 1 is 1.27 bits per heavy atom. The molecule has 4 rings (SSSR count). The highest BCUT2D eigenvalue weighted by Crippen LogP contribution is 2.65. The molecule has 0 heterocycles. The largest absolute Gasteiger partial charge is 0.381 e. The summed E-state index contributed by atoms with van der Waals surface area (Å²) < 4.78 is 5.05. The Morgan fingerprint density at radius 3 is 2.77 bits per heavy atom. The number of aliphatic hydroxyl groups is 1. The van der Waals surface area contributed by atoms with Crippen LogP contribution in [-0.2, 0) is 14.3 Å². The molecule has 0 radical (unpaired) electrons. The minimum absolute atomic E-state index is 0.00456. The molecule has 4 aliphatic rings. The van der Waals surface area contributed by atoms with Gasteiger partial charge in [-0.1, -0.05) is 31.1 Å². The fraction of sp³-hybridized carbons (Fsp3) is 0.727. The SMILES string of the molecule is COCC(=O)[C@@]1(O)CC[C@H]2[C@@H]3CCC4=CC(=O)CC[C@]4(C)C3=CC[C@@]21C. The first-order valence-corrected chi connectivity index (χ1v) is 9.95. The number of methoxy groups -OCH3 is 1. The van der Waals surface area contributed by atoms with E-state index < -0.39 is 11.0 Å². The lowest BCUT2D eigenvalue weighted by molar-refractivity contribution is -0.156. The van der Waals surface area contributed by atoms with E-state index in [4.69, 9.17) is 4.74 Å². The van der Waals surface area contributed by atoms with Gasteiger partial charge in [0.05, 0.1) is 0 Å². The third-order valence-corrected chi connectivity index (χ3v) is 8.23. The topological polar surface area (TPSA) is 63.6 Å². The lowest BCUT2D eigenvalue weighted by atomic mass is 9.50. The maximum atomic E-state index is 12.7. The van der Waals surface area contributed by atoms with Crippen molar-refractivity contribution >= 4 is 11.6 Å². The number of ketones is 2. The van der Waals surface area contributed by atoms with Gasteiger partial charge in [-0.05, 0) is 56.4 Å². The molecular formula is C22H30O4. The molecule has 1 N–H and O–H groups in total. The zero-order valence-electron chi connectivity index (χ0n) is 16.1. The summed E-state index contributed by atoms with van der Waals surface area (Å²) in [5.41, 5.74) is 1.06. The minimum atomic E-state index is -1.28. The van der Waals surface area contributed by atoms with Crippen LogP contribution in [0, 0.1) is 22.7 Å². The molecule has 26 heavy (non-hydrogen) atoms. The molecule has 0 aromatic carbocycles. The Labute approximate surface area is 155 Å². The molecule has 0 unspecified atom stereocenters. The lowest BCUT2D eigenvalue weighted by Gasteiger charge is -2.54. The van der Waals surface area contributed by atoms with Gasteiger partial charge in [0.1, 0.15) is 12.2 Å². The summed E-state index contributed by atoms with van der Waals surface area (Å²) in [6.07, 6.45) is 9.85. The zero-order chi connectivity index (χ0) is 18.7. The molecule has 2 fully saturated rings. The normalized spacial score (nSPS) is 44.5. The standard InChI is InChI=1S/C22H30O4/c1-20-9-6-15(23)12-14(20)4-5-16-17(20)7-10-21(2)18(16)8-11-22(21,25)19(24)13-26-3/h7,12,16,18,25H,4-6,8-11,13H2,1-3H3/t16-,18+,20+,21+,22+/m1/s1. The van der Waals surface area contributed by atoms with Crippen molar-refractivity contribution in [3.05, 3.63) is 23.3 Å². The van der Waals surface area contributed by atoms with Gasteiger partial charge in [-0.25, -0.2) is 0 Å². The average molecular weight is 358 g/mol. The van der Waals surface area contributed by atoms with Gasteiger partial charge >= 0.3 is 0 Å². The van der Waals surface area contributed by atoms with Crippen molar-refractivity contribution in [2.75, 3.05) is 13.7 Å². The monoisotopic (exact) mass is 358 g/mol. The van der Waals surface area contributed by atoms with Crippen LogP contribution in [0.1, 0.15) is 58.8 Å². The van der Waals surface area contributed by atoms with Crippen molar-refractivity contribution in [2.24, 2.45) is 22.7 Å². The van der Waals surface area contributed by atoms with Crippen LogP contribution in [0.5, 0.6) is 0 Å². The first kappa shape index (κ1) is 18.1. The number of hydrogen-bond acceptors (Lipinski definition) is 4. The number of Topliss-reactive ketones (excluding diaryl/α,β-unsaturated/α-hetero) is 1. The van der Waals surface area contributed by atoms with Crippen LogP contribution in [0.3, 0.4) is 0 Å². The maximum absolute atomic E-state index is 12.7. The summed E-state index contributed by atoms with van der Waals surface area (Å²) in [7, 11) is 1.51. The molecule has 4 nitrogen and oxygen atoms in total. The summed E-state index contributed by atoms with van der Waals surface area (Å²) in [5, 5.41) is 11.4. The Kier molecular flexibility index (Phi) is 4.09. The summed E-state index contributed by atoms with van der Waals surface area (Å²) in [6, 6.07) is 0. The second kappa shape index (κ2) is 5.87. The fourth-order valence-electron chi connectivity index (χ4n) is 6.58. The molecule has 0 aromatic rings. The Balaban J connectivity index is 1.72. The van der Waals surface area contributed by atoms with E-state index in [2.05, 4.69) is 19.9 Å². The third-order valence-electron chi connectivity index (χ3n) is 8.23. The molecule has 0 bridgehead atoms. The van der Waals surface area contributed by atoms with Crippen molar-refractivity contribution in [3.8, 4) is 0 Å². The van der Waals surface area contributed by atoms with Gasteiger partial charge in [0.25, 0.3) is 0 Å². The van der Waals surface area contributed by atoms with Crippen molar-refractivity contribution in [2.45, 2.75) is 64.4 Å². The van der Waals surface area contributed by atoms with Crippen molar-refractivity contribution in [1.82, 2.24) is 0 Å². The van der Waals surface area contributed by atoms with Crippen LogP contribution in [0.4, 0.5) is 0 Å². The van der Waals surface area contributed by atoms with Gasteiger partial charge in [0.15, 0.2) is 11.6 Å². The average Bonchev–Trinajstić information content (AvgIpc) is 2.88. The summed E-state index contributed by atoms with van der Waals surface area (Å²) >= 11 is 0. The summed E-state index contributed by atoms with van der Waals surface area (Å²) in [4.78, 5) is 24.6. The quantitative estimate of drug-likeness (QED) is 0.786. The fourth-order valence-corrected chi connectivity index (χ4v) is 6.58. The number of fused-ring (bicyclic) bond motifs is 5. The van der Waals surface area contributed by atoms with Crippen LogP contribution < -0.4 is 0 Å². The molecule has 2 saturated carbocycles. The maximum Gasteiger partial charge on any atom is 0.190 e. The number of hydrogen-bond donors (Lipinski definition) is 1. The molecular weight excluding hydrogens is 328 g/mol. The van der Waals surface area contributed by atoms with E-state index in [1.807, 2.05) is 6.08 Å². The number of allylic oxidation sites excluding steroid dienone is 4. The zero-order valence-corrected chi connectivity index (χ0v) is 16.1. The first-order valence-electron chi connectivity index (χ1n) is 9.95. The third kappa shape index (κ3) is 2.21. The van der Waals surface area contributed by atoms with Gasteiger partial charge in [-0.3, -0.25) is 9.59 Å². The number of ether oxygens (including phenoxy) is 1. The van der Waals surface area contributed by atoms with E-state index in [1.54, 1.807) is 0 Å². The van der Waals surface area contributed by atoms with Crippen molar-refractivity contribution < 1.29 is 19.4 Å². The lowest BCUT2D eigenvalue weighted by Crippen LogP contribution is -2.55. The summed E-state index contributed by atoms with van der Waals surface area (Å²) in [6.45, 7) is 4.37. The molecule has 4 heteroatoms. The van der Waals surface area contributed by atoms with Crippen LogP contribution >= 0.6 is 0 Å². The molecule has 142 valence electrons. The molecule has 0 aliphatic heterocycles. The van der Waals surface area contributed by atoms with Crippen LogP contribution in [0.25, 0.3) is 0 Å². The highest BCUT2D eigenvalue weighted by Gasteiger charge is 2.64. The highest BCUT2D eigenvalue weighted by atomic mass is 16.5. The van der Waals surface area contributed by atoms with Gasteiger partial charge in [-0.15, -0.1) is 0 Å². The van der Waals surface area contributed by atoms with E-state index in [0.29, 0.717) is 24.7 Å². The predicted octanol–water partition coefficient (Wildman–Crippen LogP) is 3.39. The van der Waals surface area contributed by atoms with Crippen molar-refractivity contribution in [3.63, 3.8) is 0 Å². The molecule has 5 atom stereocenters. The number of carbonyl (C=O) groups is 2. The first-order chi connectivity index (χ1) is 12.3. The molecule has 0 spiro atoms. The van der Waals surface area contributed by atoms with E-state index in [-0.39, 0.29) is 23.6 Å². The number of rotatable bonds is 3. The molecule has 0 aromatic heterocycles. The van der Waals surface area contributed by atoms with Gasteiger partial charge in [0, 0.05) is 24.4 Å². The molecule has 0 saturated heterocycles. The van der Waals surface area contributed by atoms with Gasteiger partial charge in [0.2, 0.25) is 0 Å². The van der Waals surface area contributed by atoms with Gasteiger partial charge in [-0.2, -0.15) is 0 Å². The second-order valence-corrected chi connectivity index (χ2v) is 9.26. The highest BCUT2D eigenvalue weighted by molar-refractivity contribution is 5.92. The van der Waals surface area contributed by atoms with E-state index in [9.17, 15) is 14.7 Å². The van der Waals surface area contributed by atoms with Crippen molar-refractivity contribution in [1.29, 1.82) is 0 Å². The smallest absolute Gasteiger partial charge is 0.190 e. The second-order valence-electron chi connectivity index (χ2n) is 9.26. The Bertz CT molecular complexity index is 720.